The number of aryl methyl sites for hydroxylation is 1. The van der Waals surface area contributed by atoms with E-state index >= 15 is 0 Å². The van der Waals surface area contributed by atoms with Crippen molar-refractivity contribution < 1.29 is 9.53 Å². The first-order valence-electron chi connectivity index (χ1n) is 9.38. The van der Waals surface area contributed by atoms with Crippen LogP contribution in [0.15, 0.2) is 0 Å². The van der Waals surface area contributed by atoms with E-state index in [1.807, 2.05) is 20.8 Å². The van der Waals surface area contributed by atoms with E-state index in [1.54, 1.807) is 0 Å². The third-order valence-corrected chi connectivity index (χ3v) is 4.61. The quantitative estimate of drug-likeness (QED) is 0.848. The standard InChI is InChI=1S/C19H34N4O2/c1-12(2)23-14(4)17(13(3)22-23)20-15-8-10-16(11-9-15)21-18(24)25-19(5,6)7/h12,15-16,20H,8-11H2,1-7H3,(H,21,24). The maximum absolute atomic E-state index is 11.9. The first-order valence-corrected chi connectivity index (χ1v) is 9.38. The van der Waals surface area contributed by atoms with Crippen LogP contribution in [0, 0.1) is 13.8 Å². The van der Waals surface area contributed by atoms with E-state index in [0.29, 0.717) is 12.1 Å². The summed E-state index contributed by atoms with van der Waals surface area (Å²) in [6.45, 7) is 14.1. The van der Waals surface area contributed by atoms with Gasteiger partial charge in [0, 0.05) is 18.1 Å². The molecule has 1 fully saturated rings. The van der Waals surface area contributed by atoms with Crippen molar-refractivity contribution in [3.8, 4) is 0 Å². The Labute approximate surface area is 151 Å². The van der Waals surface area contributed by atoms with Crippen LogP contribution in [0.25, 0.3) is 0 Å². The third kappa shape index (κ3) is 5.38. The molecule has 1 heterocycles. The van der Waals surface area contributed by atoms with Crippen LogP contribution in [0.5, 0.6) is 0 Å². The molecule has 2 rings (SSSR count). The van der Waals surface area contributed by atoms with Crippen molar-refractivity contribution in [3.63, 3.8) is 0 Å². The van der Waals surface area contributed by atoms with E-state index in [1.165, 1.54) is 5.69 Å². The monoisotopic (exact) mass is 350 g/mol. The Bertz CT molecular complexity index is 593. The minimum Gasteiger partial charge on any atom is -0.444 e. The SMILES string of the molecule is Cc1nn(C(C)C)c(C)c1NC1CCC(NC(=O)OC(C)(C)C)CC1. The van der Waals surface area contributed by atoms with Crippen LogP contribution in [0.1, 0.15) is 77.7 Å². The van der Waals surface area contributed by atoms with Gasteiger partial charge in [-0.3, -0.25) is 4.68 Å². The summed E-state index contributed by atoms with van der Waals surface area (Å²) in [5, 5.41) is 11.3. The molecule has 1 aliphatic carbocycles. The lowest BCUT2D eigenvalue weighted by atomic mass is 9.91. The van der Waals surface area contributed by atoms with Crippen LogP contribution < -0.4 is 10.6 Å². The van der Waals surface area contributed by atoms with E-state index in [4.69, 9.17) is 4.74 Å². The van der Waals surface area contributed by atoms with Crippen molar-refractivity contribution in [2.75, 3.05) is 5.32 Å². The van der Waals surface area contributed by atoms with Gasteiger partial charge < -0.3 is 15.4 Å². The normalized spacial score (nSPS) is 21.3. The van der Waals surface area contributed by atoms with Crippen LogP contribution >= 0.6 is 0 Å². The van der Waals surface area contributed by atoms with Gasteiger partial charge in [0.15, 0.2) is 0 Å². The Morgan fingerprint density at radius 1 is 1.16 bits per heavy atom. The maximum Gasteiger partial charge on any atom is 0.407 e. The largest absolute Gasteiger partial charge is 0.444 e. The number of hydrogen-bond acceptors (Lipinski definition) is 4. The Kier molecular flexibility index (Phi) is 6.01. The summed E-state index contributed by atoms with van der Waals surface area (Å²) in [5.74, 6) is 0. The van der Waals surface area contributed by atoms with Crippen molar-refractivity contribution in [2.24, 2.45) is 0 Å². The molecule has 6 nitrogen and oxygen atoms in total. The molecule has 0 bridgehead atoms. The van der Waals surface area contributed by atoms with Gasteiger partial charge in [-0.2, -0.15) is 5.10 Å². The van der Waals surface area contributed by atoms with Crippen molar-refractivity contribution in [1.29, 1.82) is 0 Å². The molecule has 1 saturated carbocycles. The lowest BCUT2D eigenvalue weighted by molar-refractivity contribution is 0.0492. The fourth-order valence-corrected chi connectivity index (χ4v) is 3.44. The van der Waals surface area contributed by atoms with Crippen LogP contribution in [-0.4, -0.2) is 33.6 Å². The van der Waals surface area contributed by atoms with E-state index in [0.717, 1.165) is 37.1 Å². The molecule has 0 aromatic carbocycles. The van der Waals surface area contributed by atoms with Gasteiger partial charge >= 0.3 is 6.09 Å². The van der Waals surface area contributed by atoms with Gasteiger partial charge in [0.25, 0.3) is 0 Å². The van der Waals surface area contributed by atoms with Crippen molar-refractivity contribution in [1.82, 2.24) is 15.1 Å². The molecule has 6 heteroatoms. The summed E-state index contributed by atoms with van der Waals surface area (Å²) < 4.78 is 7.42. The van der Waals surface area contributed by atoms with Gasteiger partial charge in [0.05, 0.1) is 17.1 Å². The number of carbonyl (C=O) groups excluding carboxylic acids is 1. The number of hydrogen-bond donors (Lipinski definition) is 2. The van der Waals surface area contributed by atoms with Gasteiger partial charge in [-0.15, -0.1) is 0 Å². The summed E-state index contributed by atoms with van der Waals surface area (Å²) in [4.78, 5) is 11.9. The number of ether oxygens (including phenoxy) is 1. The molecule has 1 aromatic rings. The molecule has 0 spiro atoms. The number of nitrogens with one attached hydrogen (secondary N) is 2. The zero-order valence-corrected chi connectivity index (χ0v) is 16.8. The Morgan fingerprint density at radius 3 is 2.20 bits per heavy atom. The highest BCUT2D eigenvalue weighted by atomic mass is 16.6. The highest BCUT2D eigenvalue weighted by Crippen LogP contribution is 2.27. The summed E-state index contributed by atoms with van der Waals surface area (Å²) >= 11 is 0. The molecule has 1 aliphatic rings. The third-order valence-electron chi connectivity index (χ3n) is 4.61. The number of nitrogens with zero attached hydrogens (tertiary/aromatic N) is 2. The molecular formula is C19H34N4O2. The Hall–Kier alpha value is -1.72. The van der Waals surface area contributed by atoms with E-state index < -0.39 is 5.60 Å². The zero-order valence-electron chi connectivity index (χ0n) is 16.8. The number of aromatic nitrogens is 2. The predicted molar refractivity (Wildman–Crippen MR) is 101 cm³/mol. The molecule has 0 radical (unpaired) electrons. The van der Waals surface area contributed by atoms with Crippen LogP contribution in [-0.2, 0) is 4.74 Å². The first-order chi connectivity index (χ1) is 11.6. The number of alkyl carbamates (subject to hydrolysis) is 1. The molecule has 0 unspecified atom stereocenters. The van der Waals surface area contributed by atoms with Crippen LogP contribution in [0.2, 0.25) is 0 Å². The molecule has 1 aromatic heterocycles. The molecule has 142 valence electrons. The Morgan fingerprint density at radius 2 is 1.72 bits per heavy atom. The van der Waals surface area contributed by atoms with Crippen molar-refractivity contribution in [2.45, 2.75) is 97.9 Å². The van der Waals surface area contributed by atoms with Crippen molar-refractivity contribution in [3.05, 3.63) is 11.4 Å². The zero-order chi connectivity index (χ0) is 18.8. The molecule has 2 N–H and O–H groups in total. The molecule has 0 saturated heterocycles. The summed E-state index contributed by atoms with van der Waals surface area (Å²) in [7, 11) is 0. The number of rotatable bonds is 4. The predicted octanol–water partition coefficient (Wildman–Crippen LogP) is 4.33. The van der Waals surface area contributed by atoms with Gasteiger partial charge in [-0.1, -0.05) is 0 Å². The second kappa shape index (κ2) is 7.67. The van der Waals surface area contributed by atoms with Gasteiger partial charge in [0.2, 0.25) is 0 Å². The van der Waals surface area contributed by atoms with Crippen LogP contribution in [0.3, 0.4) is 0 Å². The second-order valence-electron chi connectivity index (χ2n) is 8.42. The number of carbonyl (C=O) groups is 1. The minimum absolute atomic E-state index is 0.202. The fourth-order valence-electron chi connectivity index (χ4n) is 3.44. The molecule has 1 amide bonds. The molecule has 0 atom stereocenters. The Balaban J connectivity index is 1.86. The summed E-state index contributed by atoms with van der Waals surface area (Å²) in [6.07, 6.45) is 3.69. The lowest BCUT2D eigenvalue weighted by Crippen LogP contribution is -2.42. The molecule has 25 heavy (non-hydrogen) atoms. The minimum atomic E-state index is -0.450. The highest BCUT2D eigenvalue weighted by molar-refractivity contribution is 5.68. The van der Waals surface area contributed by atoms with E-state index in [-0.39, 0.29) is 12.1 Å². The van der Waals surface area contributed by atoms with Crippen LogP contribution in [0.4, 0.5) is 10.5 Å². The number of anilines is 1. The summed E-state index contributed by atoms with van der Waals surface area (Å²) in [6, 6.07) is 0.996. The first kappa shape index (κ1) is 19.6. The molecule has 0 aliphatic heterocycles. The van der Waals surface area contributed by atoms with E-state index in [9.17, 15) is 4.79 Å². The van der Waals surface area contributed by atoms with Gasteiger partial charge in [-0.05, 0) is 74.1 Å². The van der Waals surface area contributed by atoms with Gasteiger partial charge in [0.1, 0.15) is 5.60 Å². The second-order valence-corrected chi connectivity index (χ2v) is 8.42. The fraction of sp³-hybridized carbons (Fsp3) is 0.789. The lowest BCUT2D eigenvalue weighted by Gasteiger charge is -2.31. The topological polar surface area (TPSA) is 68.2 Å². The maximum atomic E-state index is 11.9. The summed E-state index contributed by atoms with van der Waals surface area (Å²) in [5.41, 5.74) is 2.97. The smallest absolute Gasteiger partial charge is 0.407 e. The highest BCUT2D eigenvalue weighted by Gasteiger charge is 2.26. The number of amides is 1. The molecular weight excluding hydrogens is 316 g/mol. The van der Waals surface area contributed by atoms with Crippen molar-refractivity contribution >= 4 is 11.8 Å². The van der Waals surface area contributed by atoms with E-state index in [2.05, 4.69) is 48.1 Å². The van der Waals surface area contributed by atoms with Gasteiger partial charge in [-0.25, -0.2) is 4.79 Å². The average Bonchev–Trinajstić information content (AvgIpc) is 2.75. The average molecular weight is 351 g/mol.